The van der Waals surface area contributed by atoms with Gasteiger partial charge in [-0.15, -0.1) is 0 Å². The summed E-state index contributed by atoms with van der Waals surface area (Å²) in [6.07, 6.45) is 2.25. The third-order valence-electron chi connectivity index (χ3n) is 5.13. The van der Waals surface area contributed by atoms with Crippen LogP contribution in [0.25, 0.3) is 0 Å². The predicted molar refractivity (Wildman–Crippen MR) is 148 cm³/mol. The first kappa shape index (κ1) is 28.7. The van der Waals surface area contributed by atoms with E-state index in [1.54, 1.807) is 42.5 Å². The molecule has 3 amide bonds. The van der Waals surface area contributed by atoms with Crippen molar-refractivity contribution >= 4 is 29.6 Å². The van der Waals surface area contributed by atoms with Gasteiger partial charge in [-0.25, -0.2) is 5.43 Å². The Bertz CT molecular complexity index is 1260. The number of amides is 3. The highest BCUT2D eigenvalue weighted by molar-refractivity contribution is 6.39. The summed E-state index contributed by atoms with van der Waals surface area (Å²) < 4.78 is 16.8. The number of carbonyl (C=O) groups is 3. The van der Waals surface area contributed by atoms with E-state index in [0.717, 1.165) is 12.0 Å². The monoisotopic (exact) mass is 532 g/mol. The van der Waals surface area contributed by atoms with E-state index < -0.39 is 11.8 Å². The fourth-order valence-corrected chi connectivity index (χ4v) is 3.24. The fraction of sp³-hybridized carbons (Fsp3) is 0.241. The summed E-state index contributed by atoms with van der Waals surface area (Å²) in [5.74, 6) is -0.583. The highest BCUT2D eigenvalue weighted by Crippen LogP contribution is 2.28. The van der Waals surface area contributed by atoms with Crippen LogP contribution in [-0.4, -0.2) is 43.8 Å². The van der Waals surface area contributed by atoms with Gasteiger partial charge < -0.3 is 24.8 Å². The van der Waals surface area contributed by atoms with Crippen LogP contribution in [0.4, 0.5) is 5.69 Å². The molecule has 3 aromatic carbocycles. The molecule has 0 saturated carbocycles. The van der Waals surface area contributed by atoms with Crippen LogP contribution < -0.4 is 30.3 Å². The zero-order valence-corrected chi connectivity index (χ0v) is 21.9. The van der Waals surface area contributed by atoms with Gasteiger partial charge in [0, 0.05) is 12.2 Å². The lowest BCUT2D eigenvalue weighted by atomic mass is 10.2. The summed E-state index contributed by atoms with van der Waals surface area (Å²) in [5, 5.41) is 9.14. The number of nitrogens with one attached hydrogen (secondary N) is 3. The second-order valence-electron chi connectivity index (χ2n) is 8.22. The minimum atomic E-state index is -0.927. The minimum Gasteiger partial charge on any atom is -0.494 e. The molecule has 0 bridgehead atoms. The van der Waals surface area contributed by atoms with Crippen molar-refractivity contribution in [3.63, 3.8) is 0 Å². The van der Waals surface area contributed by atoms with Crippen LogP contribution in [0.2, 0.25) is 0 Å². The number of hydrogen-bond acceptors (Lipinski definition) is 7. The molecule has 39 heavy (non-hydrogen) atoms. The van der Waals surface area contributed by atoms with Crippen molar-refractivity contribution in [3.8, 4) is 17.2 Å². The van der Waals surface area contributed by atoms with E-state index in [-0.39, 0.29) is 12.5 Å². The molecule has 0 aromatic heterocycles. The van der Waals surface area contributed by atoms with Crippen LogP contribution in [0.3, 0.4) is 0 Å². The molecule has 0 heterocycles. The van der Waals surface area contributed by atoms with Gasteiger partial charge >= 0.3 is 11.8 Å². The van der Waals surface area contributed by atoms with Crippen molar-refractivity contribution in [2.45, 2.75) is 26.8 Å². The van der Waals surface area contributed by atoms with E-state index in [0.29, 0.717) is 48.3 Å². The minimum absolute atomic E-state index is 0.181. The SMILES string of the molecule is CCCOc1ccc(NC(=O)C(=O)N/N=C\c2ccc(OCC(=O)NCc3ccccc3)c(OCC)c2)cc1. The van der Waals surface area contributed by atoms with Gasteiger partial charge in [0.1, 0.15) is 5.75 Å². The lowest BCUT2D eigenvalue weighted by Gasteiger charge is -2.12. The average Bonchev–Trinajstić information content (AvgIpc) is 2.96. The zero-order chi connectivity index (χ0) is 27.9. The second kappa shape index (κ2) is 15.4. The molecular weight excluding hydrogens is 500 g/mol. The van der Waals surface area contributed by atoms with Gasteiger partial charge in [-0.1, -0.05) is 37.3 Å². The molecule has 0 radical (unpaired) electrons. The average molecular weight is 533 g/mol. The largest absolute Gasteiger partial charge is 0.494 e. The summed E-state index contributed by atoms with van der Waals surface area (Å²) in [6.45, 7) is 5.02. The standard InChI is InChI=1S/C29H32N4O6/c1-3-16-38-24-13-11-23(12-14-24)32-28(35)29(36)33-31-19-22-10-15-25(26(17-22)37-4-2)39-20-27(34)30-18-21-8-6-5-7-9-21/h5-15,17,19H,3-4,16,18,20H2,1-2H3,(H,30,34)(H,32,35)(H,33,36)/b31-19-. The molecule has 0 saturated heterocycles. The van der Waals surface area contributed by atoms with Crippen LogP contribution in [0, 0.1) is 0 Å². The maximum atomic E-state index is 12.2. The smallest absolute Gasteiger partial charge is 0.329 e. The van der Waals surface area contributed by atoms with Crippen molar-refractivity contribution in [1.82, 2.24) is 10.7 Å². The van der Waals surface area contributed by atoms with Gasteiger partial charge in [0.2, 0.25) is 0 Å². The number of anilines is 1. The van der Waals surface area contributed by atoms with E-state index in [4.69, 9.17) is 14.2 Å². The van der Waals surface area contributed by atoms with Gasteiger partial charge in [0.15, 0.2) is 18.1 Å². The summed E-state index contributed by atoms with van der Waals surface area (Å²) in [6, 6.07) is 21.2. The van der Waals surface area contributed by atoms with Gasteiger partial charge in [-0.3, -0.25) is 14.4 Å². The molecule has 3 rings (SSSR count). The number of nitrogens with zero attached hydrogens (tertiary/aromatic N) is 1. The van der Waals surface area contributed by atoms with E-state index in [9.17, 15) is 14.4 Å². The maximum Gasteiger partial charge on any atom is 0.329 e. The van der Waals surface area contributed by atoms with E-state index in [1.165, 1.54) is 6.21 Å². The highest BCUT2D eigenvalue weighted by Gasteiger charge is 2.13. The molecule has 0 unspecified atom stereocenters. The first-order chi connectivity index (χ1) is 19.0. The number of benzene rings is 3. The number of hydrogen-bond donors (Lipinski definition) is 3. The molecule has 0 aliphatic rings. The Hall–Kier alpha value is -4.86. The zero-order valence-electron chi connectivity index (χ0n) is 21.9. The third kappa shape index (κ3) is 9.84. The summed E-state index contributed by atoms with van der Waals surface area (Å²) >= 11 is 0. The topological polar surface area (TPSA) is 127 Å². The maximum absolute atomic E-state index is 12.2. The van der Waals surface area contributed by atoms with Gasteiger partial charge in [-0.2, -0.15) is 5.10 Å². The molecule has 0 spiro atoms. The molecule has 3 aromatic rings. The highest BCUT2D eigenvalue weighted by atomic mass is 16.5. The third-order valence-corrected chi connectivity index (χ3v) is 5.13. The van der Waals surface area contributed by atoms with Crippen molar-refractivity contribution in [2.75, 3.05) is 25.1 Å². The molecule has 3 N–H and O–H groups in total. The Morgan fingerprint density at radius 1 is 0.846 bits per heavy atom. The molecule has 0 atom stereocenters. The summed E-state index contributed by atoms with van der Waals surface area (Å²) in [7, 11) is 0. The van der Waals surface area contributed by atoms with Crippen molar-refractivity contribution < 1.29 is 28.6 Å². The Kier molecular flexibility index (Phi) is 11.3. The number of hydrazone groups is 1. The first-order valence-electron chi connectivity index (χ1n) is 12.6. The van der Waals surface area contributed by atoms with Crippen LogP contribution >= 0.6 is 0 Å². The van der Waals surface area contributed by atoms with E-state index >= 15 is 0 Å². The Balaban J connectivity index is 1.49. The summed E-state index contributed by atoms with van der Waals surface area (Å²) in [4.78, 5) is 36.4. The number of rotatable bonds is 13. The van der Waals surface area contributed by atoms with Crippen LogP contribution in [0.15, 0.2) is 77.9 Å². The first-order valence-corrected chi connectivity index (χ1v) is 12.6. The van der Waals surface area contributed by atoms with Gasteiger partial charge in [-0.05, 0) is 66.9 Å². The normalized spacial score (nSPS) is 10.5. The molecule has 204 valence electrons. The Labute approximate surface area is 227 Å². The van der Waals surface area contributed by atoms with Crippen LogP contribution in [-0.2, 0) is 20.9 Å². The lowest BCUT2D eigenvalue weighted by molar-refractivity contribution is -0.136. The van der Waals surface area contributed by atoms with E-state index in [1.807, 2.05) is 44.2 Å². The number of carbonyl (C=O) groups excluding carboxylic acids is 3. The van der Waals surface area contributed by atoms with Gasteiger partial charge in [0.25, 0.3) is 5.91 Å². The van der Waals surface area contributed by atoms with Crippen molar-refractivity contribution in [3.05, 3.63) is 83.9 Å². The second-order valence-corrected chi connectivity index (χ2v) is 8.22. The molecule has 0 aliphatic carbocycles. The van der Waals surface area contributed by atoms with E-state index in [2.05, 4.69) is 21.2 Å². The molecule has 10 nitrogen and oxygen atoms in total. The van der Waals surface area contributed by atoms with Crippen molar-refractivity contribution in [2.24, 2.45) is 5.10 Å². The molecule has 10 heteroatoms. The summed E-state index contributed by atoms with van der Waals surface area (Å²) in [5.41, 5.74) is 4.22. The van der Waals surface area contributed by atoms with Crippen LogP contribution in [0.5, 0.6) is 17.2 Å². The number of ether oxygens (including phenoxy) is 3. The molecule has 0 fully saturated rings. The predicted octanol–water partition coefficient (Wildman–Crippen LogP) is 3.66. The Morgan fingerprint density at radius 3 is 2.33 bits per heavy atom. The fourth-order valence-electron chi connectivity index (χ4n) is 3.24. The van der Waals surface area contributed by atoms with Gasteiger partial charge in [0.05, 0.1) is 19.4 Å². The molecule has 0 aliphatic heterocycles. The van der Waals surface area contributed by atoms with Crippen molar-refractivity contribution in [1.29, 1.82) is 0 Å². The Morgan fingerprint density at radius 2 is 1.62 bits per heavy atom. The quantitative estimate of drug-likeness (QED) is 0.175. The molecular formula is C29H32N4O6. The lowest BCUT2D eigenvalue weighted by Crippen LogP contribution is -2.32. The van der Waals surface area contributed by atoms with Crippen LogP contribution in [0.1, 0.15) is 31.4 Å².